The molecule has 12 heavy (non-hydrogen) atoms. The zero-order valence-electron chi connectivity index (χ0n) is 6.99. The van der Waals surface area contributed by atoms with Crippen molar-refractivity contribution < 1.29 is 14.7 Å². The molecule has 0 saturated heterocycles. The van der Waals surface area contributed by atoms with Crippen LogP contribution in [0.15, 0.2) is 0 Å². The molecule has 1 N–H and O–H groups in total. The summed E-state index contributed by atoms with van der Waals surface area (Å²) >= 11 is 3.70. The van der Waals surface area contributed by atoms with Crippen LogP contribution in [0.2, 0.25) is 0 Å². The highest BCUT2D eigenvalue weighted by Crippen LogP contribution is 1.91. The van der Waals surface area contributed by atoms with Crippen molar-refractivity contribution in [1.29, 1.82) is 0 Å². The number of rotatable bonds is 5. The molecule has 0 atom stereocenters. The van der Waals surface area contributed by atoms with Gasteiger partial charge in [-0.1, -0.05) is 0 Å². The molecule has 0 aromatic rings. The number of carbonyl (C=O) groups is 2. The lowest BCUT2D eigenvalue weighted by atomic mass is 10.3. The van der Waals surface area contributed by atoms with Crippen molar-refractivity contribution in [2.45, 2.75) is 6.92 Å². The number of nitrogens with zero attached hydrogens (tertiary/aromatic N) is 1. The van der Waals surface area contributed by atoms with Gasteiger partial charge in [-0.3, -0.25) is 9.59 Å². The van der Waals surface area contributed by atoms with Crippen LogP contribution in [0.4, 0.5) is 0 Å². The SMILES string of the molecule is CCN(CCO)C(=O)C(=O)CS. The molecule has 5 heteroatoms. The maximum Gasteiger partial charge on any atom is 0.290 e. The van der Waals surface area contributed by atoms with Crippen molar-refractivity contribution >= 4 is 24.3 Å². The molecule has 0 saturated carbocycles. The van der Waals surface area contributed by atoms with Crippen molar-refractivity contribution in [1.82, 2.24) is 4.90 Å². The Bertz CT molecular complexity index is 172. The summed E-state index contributed by atoms with van der Waals surface area (Å²) in [6.07, 6.45) is 0. The quantitative estimate of drug-likeness (QED) is 0.447. The molecule has 0 aliphatic carbocycles. The van der Waals surface area contributed by atoms with Crippen molar-refractivity contribution in [2.24, 2.45) is 0 Å². The fraction of sp³-hybridized carbons (Fsp3) is 0.714. The van der Waals surface area contributed by atoms with Gasteiger partial charge in [-0.15, -0.1) is 0 Å². The van der Waals surface area contributed by atoms with E-state index < -0.39 is 11.7 Å². The Morgan fingerprint density at radius 1 is 1.50 bits per heavy atom. The fourth-order valence-electron chi connectivity index (χ4n) is 0.768. The predicted octanol–water partition coefficient (Wildman–Crippen LogP) is -0.674. The first kappa shape index (κ1) is 11.4. The molecule has 0 aliphatic rings. The number of hydrogen-bond donors (Lipinski definition) is 2. The Labute approximate surface area is 77.0 Å². The number of ketones is 1. The van der Waals surface area contributed by atoms with E-state index in [1.807, 2.05) is 0 Å². The maximum atomic E-state index is 11.1. The zero-order valence-corrected chi connectivity index (χ0v) is 7.88. The highest BCUT2D eigenvalue weighted by molar-refractivity contribution is 7.81. The largest absolute Gasteiger partial charge is 0.395 e. The lowest BCUT2D eigenvalue weighted by Gasteiger charge is -2.17. The number of aliphatic hydroxyl groups excluding tert-OH is 1. The monoisotopic (exact) mass is 191 g/mol. The molecule has 1 amide bonds. The van der Waals surface area contributed by atoms with Crippen molar-refractivity contribution in [3.05, 3.63) is 0 Å². The molecule has 0 unspecified atom stereocenters. The Balaban J connectivity index is 4.11. The fourth-order valence-corrected chi connectivity index (χ4v) is 0.903. The highest BCUT2D eigenvalue weighted by atomic mass is 32.1. The number of amides is 1. The Hall–Kier alpha value is -0.550. The van der Waals surface area contributed by atoms with Crippen molar-refractivity contribution in [2.75, 3.05) is 25.4 Å². The van der Waals surface area contributed by atoms with E-state index in [9.17, 15) is 9.59 Å². The summed E-state index contributed by atoms with van der Waals surface area (Å²) in [7, 11) is 0. The summed E-state index contributed by atoms with van der Waals surface area (Å²) in [5.41, 5.74) is 0. The molecular weight excluding hydrogens is 178 g/mol. The van der Waals surface area contributed by atoms with Crippen LogP contribution in [0.1, 0.15) is 6.92 Å². The van der Waals surface area contributed by atoms with Crippen LogP contribution in [0.3, 0.4) is 0 Å². The lowest BCUT2D eigenvalue weighted by molar-refractivity contribution is -0.143. The third kappa shape index (κ3) is 3.23. The number of likely N-dealkylation sites (N-methyl/N-ethyl adjacent to an activating group) is 1. The third-order valence-corrected chi connectivity index (χ3v) is 1.71. The van der Waals surface area contributed by atoms with E-state index in [-0.39, 0.29) is 18.9 Å². The maximum absolute atomic E-state index is 11.1. The Morgan fingerprint density at radius 3 is 2.42 bits per heavy atom. The van der Waals surface area contributed by atoms with Gasteiger partial charge in [0.15, 0.2) is 0 Å². The van der Waals surface area contributed by atoms with Crippen LogP contribution in [0.25, 0.3) is 0 Å². The lowest BCUT2D eigenvalue weighted by Crippen LogP contribution is -2.38. The molecule has 4 nitrogen and oxygen atoms in total. The van der Waals surface area contributed by atoms with Gasteiger partial charge in [-0.25, -0.2) is 0 Å². The van der Waals surface area contributed by atoms with Gasteiger partial charge in [0.2, 0.25) is 5.78 Å². The minimum Gasteiger partial charge on any atom is -0.395 e. The van der Waals surface area contributed by atoms with Crippen LogP contribution < -0.4 is 0 Å². The van der Waals surface area contributed by atoms with Crippen molar-refractivity contribution in [3.8, 4) is 0 Å². The smallest absolute Gasteiger partial charge is 0.290 e. The number of carbonyl (C=O) groups excluding carboxylic acids is 2. The van der Waals surface area contributed by atoms with E-state index in [4.69, 9.17) is 5.11 Å². The number of Topliss-reactive ketones (excluding diaryl/α,β-unsaturated/α-hetero) is 1. The summed E-state index contributed by atoms with van der Waals surface area (Å²) in [6, 6.07) is 0. The van der Waals surface area contributed by atoms with E-state index in [2.05, 4.69) is 12.6 Å². The average molecular weight is 191 g/mol. The molecule has 0 spiro atoms. The molecule has 0 aromatic heterocycles. The van der Waals surface area contributed by atoms with Gasteiger partial charge in [0, 0.05) is 13.1 Å². The molecule has 0 radical (unpaired) electrons. The minimum atomic E-state index is -0.568. The number of hydrogen-bond acceptors (Lipinski definition) is 4. The van der Waals surface area contributed by atoms with Gasteiger partial charge in [-0.05, 0) is 6.92 Å². The summed E-state index contributed by atoms with van der Waals surface area (Å²) in [4.78, 5) is 23.2. The van der Waals surface area contributed by atoms with Gasteiger partial charge in [0.25, 0.3) is 5.91 Å². The molecule has 0 aliphatic heterocycles. The summed E-state index contributed by atoms with van der Waals surface area (Å²) in [5, 5.41) is 8.55. The van der Waals surface area contributed by atoms with E-state index in [0.29, 0.717) is 6.54 Å². The van der Waals surface area contributed by atoms with Crippen LogP contribution in [-0.2, 0) is 9.59 Å². The normalized spacial score (nSPS) is 9.58. The van der Waals surface area contributed by atoms with E-state index in [1.54, 1.807) is 6.92 Å². The summed E-state index contributed by atoms with van der Waals surface area (Å²) in [5.74, 6) is -1.18. The Morgan fingerprint density at radius 2 is 2.08 bits per heavy atom. The van der Waals surface area contributed by atoms with Crippen molar-refractivity contribution in [3.63, 3.8) is 0 Å². The van der Waals surface area contributed by atoms with E-state index in [0.717, 1.165) is 0 Å². The molecule has 0 rings (SSSR count). The summed E-state index contributed by atoms with van der Waals surface area (Å²) < 4.78 is 0. The van der Waals surface area contributed by atoms with Gasteiger partial charge in [0.05, 0.1) is 12.4 Å². The molecule has 0 fully saturated rings. The molecule has 0 aromatic carbocycles. The molecule has 70 valence electrons. The molecular formula is C7H13NO3S. The average Bonchev–Trinajstić information content (AvgIpc) is 2.11. The van der Waals surface area contributed by atoms with Crippen LogP contribution in [-0.4, -0.2) is 47.1 Å². The minimum absolute atomic E-state index is 0.0826. The second-order valence-corrected chi connectivity index (χ2v) is 2.51. The second kappa shape index (κ2) is 6.02. The standard InChI is InChI=1S/C7H13NO3S/c1-2-8(3-4-9)7(11)6(10)5-12/h9,12H,2-5H2,1H3. The number of aliphatic hydroxyl groups is 1. The highest BCUT2D eigenvalue weighted by Gasteiger charge is 2.17. The predicted molar refractivity (Wildman–Crippen MR) is 48.2 cm³/mol. The second-order valence-electron chi connectivity index (χ2n) is 2.19. The Kier molecular flexibility index (Phi) is 5.74. The van der Waals surface area contributed by atoms with Crippen LogP contribution >= 0.6 is 12.6 Å². The first-order valence-electron chi connectivity index (χ1n) is 3.71. The van der Waals surface area contributed by atoms with Gasteiger partial charge in [-0.2, -0.15) is 12.6 Å². The molecule has 0 heterocycles. The molecule has 0 bridgehead atoms. The van der Waals surface area contributed by atoms with Gasteiger partial charge in [0.1, 0.15) is 0 Å². The first-order valence-corrected chi connectivity index (χ1v) is 4.34. The van der Waals surface area contributed by atoms with Gasteiger partial charge >= 0.3 is 0 Å². The third-order valence-electron chi connectivity index (χ3n) is 1.42. The first-order chi connectivity index (χ1) is 5.67. The zero-order chi connectivity index (χ0) is 9.56. The summed E-state index contributed by atoms with van der Waals surface area (Å²) in [6.45, 7) is 2.26. The van der Waals surface area contributed by atoms with Crippen LogP contribution in [0.5, 0.6) is 0 Å². The van der Waals surface area contributed by atoms with Gasteiger partial charge < -0.3 is 10.0 Å². The topological polar surface area (TPSA) is 57.6 Å². The number of thiol groups is 1. The van der Waals surface area contributed by atoms with E-state index in [1.165, 1.54) is 4.90 Å². The van der Waals surface area contributed by atoms with Crippen LogP contribution in [0, 0.1) is 0 Å². The van der Waals surface area contributed by atoms with E-state index >= 15 is 0 Å².